The van der Waals surface area contributed by atoms with Crippen molar-refractivity contribution in [3.63, 3.8) is 0 Å². The number of allylic oxidation sites excluding steroid dienone is 14. The van der Waals surface area contributed by atoms with E-state index in [0.29, 0.717) is 19.3 Å². The SMILES string of the molecule is CC/C=C\C/C=C\C/C=C\C/C=C\C/C=C\C/C=C\CCCCCCCCC(=O)OCC(COC(=O)CCCCCCCCC/C=C\CCCCCCCCC)OC(=O)CCCCCCCCCCCCCCCCCCCCCCC. The number of carbonyl (C=O) groups excluding carboxylic acids is 3. The van der Waals surface area contributed by atoms with Crippen molar-refractivity contribution < 1.29 is 28.6 Å². The molecule has 6 nitrogen and oxygen atoms in total. The average molecular weight is 1140 g/mol. The molecule has 0 heterocycles. The van der Waals surface area contributed by atoms with E-state index in [4.69, 9.17) is 14.2 Å². The minimum atomic E-state index is -0.786. The molecule has 0 radical (unpaired) electrons. The van der Waals surface area contributed by atoms with Gasteiger partial charge in [0.1, 0.15) is 13.2 Å². The zero-order valence-corrected chi connectivity index (χ0v) is 54.5. The van der Waals surface area contributed by atoms with Crippen LogP contribution in [0.1, 0.15) is 361 Å². The van der Waals surface area contributed by atoms with Gasteiger partial charge in [0.15, 0.2) is 6.10 Å². The number of carbonyl (C=O) groups is 3. The van der Waals surface area contributed by atoms with Gasteiger partial charge in [-0.05, 0) is 96.3 Å². The summed E-state index contributed by atoms with van der Waals surface area (Å²) < 4.78 is 17.0. The molecule has 0 rings (SSSR count). The number of hydrogen-bond donors (Lipinski definition) is 0. The minimum absolute atomic E-state index is 0.0801. The molecule has 0 aromatic carbocycles. The van der Waals surface area contributed by atoms with E-state index < -0.39 is 6.10 Å². The Kier molecular flexibility index (Phi) is 67.2. The fourth-order valence-corrected chi connectivity index (χ4v) is 10.3. The lowest BCUT2D eigenvalue weighted by Gasteiger charge is -2.18. The van der Waals surface area contributed by atoms with Crippen LogP contribution in [-0.4, -0.2) is 37.2 Å². The third-order valence-corrected chi connectivity index (χ3v) is 15.6. The first-order valence-electron chi connectivity index (χ1n) is 35.6. The highest BCUT2D eigenvalue weighted by Crippen LogP contribution is 2.18. The molecule has 0 spiro atoms. The van der Waals surface area contributed by atoms with Crippen molar-refractivity contribution in [2.75, 3.05) is 13.2 Å². The molecule has 82 heavy (non-hydrogen) atoms. The van der Waals surface area contributed by atoms with Crippen LogP contribution in [-0.2, 0) is 28.6 Å². The van der Waals surface area contributed by atoms with Crippen LogP contribution in [0.2, 0.25) is 0 Å². The molecular formula is C76H134O6. The fraction of sp³-hybridized carbons (Fsp3) is 0.776. The summed E-state index contributed by atoms with van der Waals surface area (Å²) in [6.07, 6.45) is 93.1. The maximum absolute atomic E-state index is 13.0. The molecule has 474 valence electrons. The lowest BCUT2D eigenvalue weighted by atomic mass is 10.0. The van der Waals surface area contributed by atoms with Gasteiger partial charge in [0.2, 0.25) is 0 Å². The molecule has 0 aromatic heterocycles. The van der Waals surface area contributed by atoms with Gasteiger partial charge in [-0.1, -0.05) is 331 Å². The van der Waals surface area contributed by atoms with Crippen LogP contribution in [0.4, 0.5) is 0 Å². The Morgan fingerprint density at radius 3 is 0.756 bits per heavy atom. The normalized spacial score (nSPS) is 12.6. The van der Waals surface area contributed by atoms with Gasteiger partial charge in [-0.3, -0.25) is 14.4 Å². The highest BCUT2D eigenvalue weighted by molar-refractivity contribution is 5.71. The lowest BCUT2D eigenvalue weighted by molar-refractivity contribution is -0.167. The summed E-state index contributed by atoms with van der Waals surface area (Å²) in [7, 11) is 0. The van der Waals surface area contributed by atoms with Crippen molar-refractivity contribution in [2.24, 2.45) is 0 Å². The Balaban J connectivity index is 4.38. The molecule has 1 atom stereocenters. The second-order valence-electron chi connectivity index (χ2n) is 23.8. The van der Waals surface area contributed by atoms with Gasteiger partial charge in [0.25, 0.3) is 0 Å². The molecule has 0 aliphatic heterocycles. The van der Waals surface area contributed by atoms with Gasteiger partial charge in [0, 0.05) is 19.3 Å². The van der Waals surface area contributed by atoms with Crippen LogP contribution in [0.25, 0.3) is 0 Å². The predicted molar refractivity (Wildman–Crippen MR) is 358 cm³/mol. The largest absolute Gasteiger partial charge is 0.462 e. The molecule has 6 heteroatoms. The molecule has 0 aliphatic carbocycles. The van der Waals surface area contributed by atoms with Crippen LogP contribution >= 0.6 is 0 Å². The van der Waals surface area contributed by atoms with Crippen LogP contribution < -0.4 is 0 Å². The molecule has 0 aliphatic rings. The maximum Gasteiger partial charge on any atom is 0.306 e. The second kappa shape index (κ2) is 70.1. The van der Waals surface area contributed by atoms with E-state index in [1.165, 1.54) is 212 Å². The van der Waals surface area contributed by atoms with Gasteiger partial charge in [-0.2, -0.15) is 0 Å². The molecule has 0 N–H and O–H groups in total. The Bertz CT molecular complexity index is 1550. The van der Waals surface area contributed by atoms with E-state index in [2.05, 4.69) is 106 Å². The van der Waals surface area contributed by atoms with Gasteiger partial charge < -0.3 is 14.2 Å². The quantitative estimate of drug-likeness (QED) is 0.0261. The maximum atomic E-state index is 13.0. The van der Waals surface area contributed by atoms with Crippen molar-refractivity contribution in [2.45, 2.75) is 367 Å². The second-order valence-corrected chi connectivity index (χ2v) is 23.8. The van der Waals surface area contributed by atoms with Crippen molar-refractivity contribution in [3.05, 3.63) is 85.1 Å². The molecular weight excluding hydrogens is 1010 g/mol. The van der Waals surface area contributed by atoms with Crippen LogP contribution in [0.15, 0.2) is 85.1 Å². The average Bonchev–Trinajstić information content (AvgIpc) is 3.47. The van der Waals surface area contributed by atoms with E-state index >= 15 is 0 Å². The summed E-state index contributed by atoms with van der Waals surface area (Å²) in [4.78, 5) is 38.5. The monoisotopic (exact) mass is 1140 g/mol. The first-order chi connectivity index (χ1) is 40.5. The van der Waals surface area contributed by atoms with E-state index in [0.717, 1.165) is 109 Å². The van der Waals surface area contributed by atoms with Gasteiger partial charge in [-0.15, -0.1) is 0 Å². The molecule has 0 saturated carbocycles. The van der Waals surface area contributed by atoms with Crippen LogP contribution in [0, 0.1) is 0 Å². The Labute approximate surface area is 509 Å². The van der Waals surface area contributed by atoms with E-state index in [1.807, 2.05) is 0 Å². The van der Waals surface area contributed by atoms with Gasteiger partial charge >= 0.3 is 17.9 Å². The van der Waals surface area contributed by atoms with Gasteiger partial charge in [0.05, 0.1) is 0 Å². The third kappa shape index (κ3) is 67.4. The van der Waals surface area contributed by atoms with Crippen molar-refractivity contribution in [1.82, 2.24) is 0 Å². The highest BCUT2D eigenvalue weighted by atomic mass is 16.6. The Morgan fingerprint density at radius 1 is 0.256 bits per heavy atom. The van der Waals surface area contributed by atoms with E-state index in [1.54, 1.807) is 0 Å². The third-order valence-electron chi connectivity index (χ3n) is 15.6. The minimum Gasteiger partial charge on any atom is -0.462 e. The first-order valence-corrected chi connectivity index (χ1v) is 35.6. The Morgan fingerprint density at radius 2 is 0.476 bits per heavy atom. The topological polar surface area (TPSA) is 78.9 Å². The Hall–Kier alpha value is -3.41. The molecule has 1 unspecified atom stereocenters. The standard InChI is InChI=1S/C76H134O6/c1-4-7-10-13-16-19-22-25-28-31-34-36-37-38-39-41-42-45-48-51-54-57-60-63-66-69-75(78)81-72-73(71-80-74(77)68-65-62-59-56-53-50-47-44-33-30-27-24-21-18-15-12-9-6-3)82-76(79)70-67-64-61-58-55-52-49-46-43-40-35-32-29-26-23-20-17-14-11-8-5-2/h7,10,16,19,25,28,30,33-34,36,38-39,42,45,73H,4-6,8-9,11-15,17-18,20-24,26-27,29,31-32,35,37,40-41,43-44,46-72H2,1-3H3/b10-7-,19-16-,28-25-,33-30-,36-34-,39-38-,45-42-. The zero-order valence-electron chi connectivity index (χ0n) is 54.5. The van der Waals surface area contributed by atoms with Crippen molar-refractivity contribution in [3.8, 4) is 0 Å². The number of esters is 3. The van der Waals surface area contributed by atoms with Gasteiger partial charge in [-0.25, -0.2) is 0 Å². The number of hydrogen-bond acceptors (Lipinski definition) is 6. The highest BCUT2D eigenvalue weighted by Gasteiger charge is 2.19. The van der Waals surface area contributed by atoms with E-state index in [-0.39, 0.29) is 31.1 Å². The molecule has 0 bridgehead atoms. The molecule has 0 fully saturated rings. The molecule has 0 amide bonds. The molecule has 0 saturated heterocycles. The summed E-state index contributed by atoms with van der Waals surface area (Å²) >= 11 is 0. The number of unbranched alkanes of at least 4 members (excludes halogenated alkanes) is 40. The fourth-order valence-electron chi connectivity index (χ4n) is 10.3. The predicted octanol–water partition coefficient (Wildman–Crippen LogP) is 24.6. The van der Waals surface area contributed by atoms with Crippen LogP contribution in [0.5, 0.6) is 0 Å². The number of ether oxygens (including phenoxy) is 3. The summed E-state index contributed by atoms with van der Waals surface area (Å²) in [6, 6.07) is 0. The van der Waals surface area contributed by atoms with Crippen molar-refractivity contribution in [1.29, 1.82) is 0 Å². The number of rotatable bonds is 65. The smallest absolute Gasteiger partial charge is 0.306 e. The summed E-state index contributed by atoms with van der Waals surface area (Å²) in [5.41, 5.74) is 0. The van der Waals surface area contributed by atoms with E-state index in [9.17, 15) is 14.4 Å². The summed E-state index contributed by atoms with van der Waals surface area (Å²) in [5.74, 6) is -0.878. The molecule has 0 aromatic rings. The van der Waals surface area contributed by atoms with Crippen LogP contribution in [0.3, 0.4) is 0 Å². The summed E-state index contributed by atoms with van der Waals surface area (Å²) in [5, 5.41) is 0. The summed E-state index contributed by atoms with van der Waals surface area (Å²) in [6.45, 7) is 6.57. The lowest BCUT2D eigenvalue weighted by Crippen LogP contribution is -2.30. The first kappa shape index (κ1) is 78.6. The zero-order chi connectivity index (χ0) is 59.2. The van der Waals surface area contributed by atoms with Crippen molar-refractivity contribution >= 4 is 17.9 Å².